The van der Waals surface area contributed by atoms with Crippen molar-refractivity contribution in [2.45, 2.75) is 32.7 Å². The third kappa shape index (κ3) is 3.81. The number of halogens is 1. The molecule has 0 atom stereocenters. The minimum Gasteiger partial charge on any atom is -0.478 e. The van der Waals surface area contributed by atoms with Crippen molar-refractivity contribution in [2.75, 3.05) is 0 Å². The number of carboxylic acids is 1. The molecule has 0 radical (unpaired) electrons. The summed E-state index contributed by atoms with van der Waals surface area (Å²) in [5.41, 5.74) is 2.73. The maximum Gasteiger partial charge on any atom is 0.336 e. The van der Waals surface area contributed by atoms with Gasteiger partial charge in [-0.15, -0.1) is 0 Å². The zero-order valence-corrected chi connectivity index (χ0v) is 15.4. The number of imidazole rings is 1. The standard InChI is InChI=1S/C21H21ClN2O2/c1-2-3-12-20-23-13-19(16-9-5-6-10-17(16)21(25)26)24(20)14-15-8-4-7-11-18(15)22/h4-11,13H,2-3,12,14H2,1H3,(H,25,26). The summed E-state index contributed by atoms with van der Waals surface area (Å²) in [5, 5.41) is 10.2. The molecule has 0 aliphatic rings. The summed E-state index contributed by atoms with van der Waals surface area (Å²) in [4.78, 5) is 16.2. The minimum absolute atomic E-state index is 0.273. The fraction of sp³-hybridized carbons (Fsp3) is 0.238. The second-order valence-electron chi connectivity index (χ2n) is 6.19. The Morgan fingerprint density at radius 1 is 1.15 bits per heavy atom. The largest absolute Gasteiger partial charge is 0.478 e. The van der Waals surface area contributed by atoms with Gasteiger partial charge in [0.25, 0.3) is 0 Å². The van der Waals surface area contributed by atoms with E-state index < -0.39 is 5.97 Å². The number of unbranched alkanes of at least 4 members (excludes halogenated alkanes) is 1. The number of nitrogens with zero attached hydrogens (tertiary/aromatic N) is 2. The number of aryl methyl sites for hydroxylation is 1. The first-order valence-corrected chi connectivity index (χ1v) is 9.10. The van der Waals surface area contributed by atoms with E-state index in [0.29, 0.717) is 17.1 Å². The van der Waals surface area contributed by atoms with Gasteiger partial charge in [-0.3, -0.25) is 0 Å². The van der Waals surface area contributed by atoms with Gasteiger partial charge in [0.1, 0.15) is 5.82 Å². The summed E-state index contributed by atoms with van der Waals surface area (Å²) >= 11 is 6.35. The highest BCUT2D eigenvalue weighted by atomic mass is 35.5. The number of benzene rings is 2. The van der Waals surface area contributed by atoms with Gasteiger partial charge in [-0.05, 0) is 24.1 Å². The second kappa shape index (κ2) is 8.19. The van der Waals surface area contributed by atoms with Crippen molar-refractivity contribution in [1.82, 2.24) is 9.55 Å². The van der Waals surface area contributed by atoms with Gasteiger partial charge in [-0.1, -0.05) is 61.3 Å². The van der Waals surface area contributed by atoms with Crippen LogP contribution in [0, 0.1) is 0 Å². The highest BCUT2D eigenvalue weighted by molar-refractivity contribution is 6.31. The number of rotatable bonds is 7. The number of carboxylic acid groups (broad SMARTS) is 1. The average Bonchev–Trinajstić information content (AvgIpc) is 3.04. The molecule has 4 nitrogen and oxygen atoms in total. The molecule has 0 amide bonds. The fourth-order valence-electron chi connectivity index (χ4n) is 3.03. The van der Waals surface area contributed by atoms with E-state index in [2.05, 4.69) is 16.5 Å². The molecule has 0 unspecified atom stereocenters. The van der Waals surface area contributed by atoms with E-state index in [1.54, 1.807) is 18.3 Å². The van der Waals surface area contributed by atoms with Gasteiger partial charge in [-0.2, -0.15) is 0 Å². The summed E-state index contributed by atoms with van der Waals surface area (Å²) in [7, 11) is 0. The molecule has 1 heterocycles. The molecule has 2 aromatic carbocycles. The summed E-state index contributed by atoms with van der Waals surface area (Å²) in [6, 6.07) is 14.7. The van der Waals surface area contributed by atoms with E-state index in [1.165, 1.54) is 0 Å². The average molecular weight is 369 g/mol. The third-order valence-electron chi connectivity index (χ3n) is 4.41. The van der Waals surface area contributed by atoms with E-state index in [9.17, 15) is 9.90 Å². The van der Waals surface area contributed by atoms with Crippen LogP contribution < -0.4 is 0 Å². The van der Waals surface area contributed by atoms with Gasteiger partial charge in [0.15, 0.2) is 0 Å². The molecule has 134 valence electrons. The van der Waals surface area contributed by atoms with Gasteiger partial charge < -0.3 is 9.67 Å². The molecule has 0 saturated carbocycles. The normalized spacial score (nSPS) is 10.8. The topological polar surface area (TPSA) is 55.1 Å². The number of aromatic carboxylic acids is 1. The molecule has 0 fully saturated rings. The van der Waals surface area contributed by atoms with Crippen LogP contribution in [-0.4, -0.2) is 20.6 Å². The molecule has 1 N–H and O–H groups in total. The van der Waals surface area contributed by atoms with Crippen LogP contribution >= 0.6 is 11.6 Å². The highest BCUT2D eigenvalue weighted by Crippen LogP contribution is 2.28. The van der Waals surface area contributed by atoms with E-state index >= 15 is 0 Å². The summed E-state index contributed by atoms with van der Waals surface area (Å²) in [6.45, 7) is 2.70. The van der Waals surface area contributed by atoms with Crippen LogP contribution in [-0.2, 0) is 13.0 Å². The monoisotopic (exact) mass is 368 g/mol. The molecule has 26 heavy (non-hydrogen) atoms. The Labute approximate surface area is 158 Å². The van der Waals surface area contributed by atoms with E-state index in [4.69, 9.17) is 11.6 Å². The summed E-state index contributed by atoms with van der Waals surface area (Å²) in [6.07, 6.45) is 4.71. The predicted octanol–water partition coefficient (Wildman–Crippen LogP) is 5.29. The minimum atomic E-state index is -0.943. The smallest absolute Gasteiger partial charge is 0.336 e. The van der Waals surface area contributed by atoms with Crippen molar-refractivity contribution in [3.8, 4) is 11.3 Å². The molecule has 1 aromatic heterocycles. The first-order valence-electron chi connectivity index (χ1n) is 8.72. The fourth-order valence-corrected chi connectivity index (χ4v) is 3.23. The van der Waals surface area contributed by atoms with Crippen molar-refractivity contribution in [1.29, 1.82) is 0 Å². The first kappa shape index (κ1) is 18.2. The van der Waals surface area contributed by atoms with Gasteiger partial charge in [-0.25, -0.2) is 9.78 Å². The van der Waals surface area contributed by atoms with Crippen LogP contribution in [0.3, 0.4) is 0 Å². The van der Waals surface area contributed by atoms with Crippen molar-refractivity contribution in [3.63, 3.8) is 0 Å². The van der Waals surface area contributed by atoms with Gasteiger partial charge >= 0.3 is 5.97 Å². The van der Waals surface area contributed by atoms with Crippen LogP contribution in [0.25, 0.3) is 11.3 Å². The molecule has 3 rings (SSSR count). The molecular weight excluding hydrogens is 348 g/mol. The zero-order chi connectivity index (χ0) is 18.5. The lowest BCUT2D eigenvalue weighted by Gasteiger charge is -2.14. The molecule has 5 heteroatoms. The Bertz CT molecular complexity index is 918. The predicted molar refractivity (Wildman–Crippen MR) is 104 cm³/mol. The quantitative estimate of drug-likeness (QED) is 0.616. The Morgan fingerprint density at radius 2 is 1.88 bits per heavy atom. The summed E-state index contributed by atoms with van der Waals surface area (Å²) in [5.74, 6) is 0.00293. The Balaban J connectivity index is 2.10. The van der Waals surface area contributed by atoms with E-state index in [0.717, 1.165) is 36.3 Å². The molecular formula is C21H21ClN2O2. The molecule has 0 saturated heterocycles. The lowest BCUT2D eigenvalue weighted by atomic mass is 10.0. The lowest BCUT2D eigenvalue weighted by molar-refractivity contribution is 0.0697. The SMILES string of the molecule is CCCCc1ncc(-c2ccccc2C(=O)O)n1Cc1ccccc1Cl. The maximum absolute atomic E-state index is 11.6. The number of hydrogen-bond donors (Lipinski definition) is 1. The van der Waals surface area contributed by atoms with E-state index in [-0.39, 0.29) is 5.56 Å². The molecule has 3 aromatic rings. The Morgan fingerprint density at radius 3 is 2.62 bits per heavy atom. The summed E-state index contributed by atoms with van der Waals surface area (Å²) < 4.78 is 2.08. The third-order valence-corrected chi connectivity index (χ3v) is 4.78. The van der Waals surface area contributed by atoms with Crippen LogP contribution in [0.2, 0.25) is 5.02 Å². The van der Waals surface area contributed by atoms with Gasteiger partial charge in [0, 0.05) is 17.0 Å². The molecule has 0 aliphatic heterocycles. The number of carbonyl (C=O) groups is 1. The Kier molecular flexibility index (Phi) is 5.74. The van der Waals surface area contributed by atoms with Crippen molar-refractivity contribution in [3.05, 3.63) is 76.7 Å². The Hall–Kier alpha value is -2.59. The number of hydrogen-bond acceptors (Lipinski definition) is 2. The molecule has 0 spiro atoms. The van der Waals surface area contributed by atoms with Gasteiger partial charge in [0.2, 0.25) is 0 Å². The zero-order valence-electron chi connectivity index (χ0n) is 14.7. The lowest BCUT2D eigenvalue weighted by Crippen LogP contribution is -2.09. The number of aromatic nitrogens is 2. The van der Waals surface area contributed by atoms with Crippen LogP contribution in [0.15, 0.2) is 54.7 Å². The second-order valence-corrected chi connectivity index (χ2v) is 6.60. The van der Waals surface area contributed by atoms with Gasteiger partial charge in [0.05, 0.1) is 24.0 Å². The van der Waals surface area contributed by atoms with Crippen molar-refractivity contribution >= 4 is 17.6 Å². The first-order chi connectivity index (χ1) is 12.6. The van der Waals surface area contributed by atoms with Crippen molar-refractivity contribution < 1.29 is 9.90 Å². The van der Waals surface area contributed by atoms with E-state index in [1.807, 2.05) is 36.4 Å². The molecule has 0 bridgehead atoms. The maximum atomic E-state index is 11.6. The van der Waals surface area contributed by atoms with Crippen LogP contribution in [0.1, 0.15) is 41.5 Å². The van der Waals surface area contributed by atoms with Crippen LogP contribution in [0.4, 0.5) is 0 Å². The molecule has 0 aliphatic carbocycles. The van der Waals surface area contributed by atoms with Crippen molar-refractivity contribution in [2.24, 2.45) is 0 Å². The van der Waals surface area contributed by atoms with Crippen LogP contribution in [0.5, 0.6) is 0 Å². The highest BCUT2D eigenvalue weighted by Gasteiger charge is 2.18.